The summed E-state index contributed by atoms with van der Waals surface area (Å²) in [6.07, 6.45) is 0. The SMILES string of the molecule is O=C(O)C(F)S(=O)(=O)c1ccc(F)cc1. The number of carboxylic acids is 1. The zero-order valence-electron chi connectivity index (χ0n) is 7.22. The van der Waals surface area contributed by atoms with Gasteiger partial charge in [0.25, 0.3) is 0 Å². The molecule has 1 aromatic carbocycles. The Labute approximate surface area is 84.1 Å². The molecule has 15 heavy (non-hydrogen) atoms. The summed E-state index contributed by atoms with van der Waals surface area (Å²) in [5, 5.41) is 8.21. The Morgan fingerprint density at radius 2 is 1.73 bits per heavy atom. The fraction of sp³-hybridized carbons (Fsp3) is 0.125. The summed E-state index contributed by atoms with van der Waals surface area (Å²) < 4.78 is 47.7. The summed E-state index contributed by atoms with van der Waals surface area (Å²) in [5.74, 6) is -2.79. The maximum Gasteiger partial charge on any atom is 0.354 e. The zero-order valence-corrected chi connectivity index (χ0v) is 8.04. The van der Waals surface area contributed by atoms with Crippen molar-refractivity contribution >= 4 is 15.8 Å². The lowest BCUT2D eigenvalue weighted by Crippen LogP contribution is -2.25. The third kappa shape index (κ3) is 2.30. The first-order valence-corrected chi connectivity index (χ1v) is 5.26. The Hall–Kier alpha value is -1.50. The number of sulfone groups is 1. The summed E-state index contributed by atoms with van der Waals surface area (Å²) in [6, 6.07) is 3.23. The average Bonchev–Trinajstić information content (AvgIpc) is 2.17. The number of rotatable bonds is 3. The molecule has 0 bridgehead atoms. The summed E-state index contributed by atoms with van der Waals surface area (Å²) in [6.45, 7) is 0. The Balaban J connectivity index is 3.17. The van der Waals surface area contributed by atoms with E-state index in [4.69, 9.17) is 5.11 Å². The summed E-state index contributed by atoms with van der Waals surface area (Å²) in [7, 11) is -4.59. The topological polar surface area (TPSA) is 71.4 Å². The molecule has 0 fully saturated rings. The van der Waals surface area contributed by atoms with E-state index in [0.29, 0.717) is 0 Å². The molecule has 1 rings (SSSR count). The summed E-state index contributed by atoms with van der Waals surface area (Å²) in [5.41, 5.74) is -3.04. The number of hydrogen-bond donors (Lipinski definition) is 1. The highest BCUT2D eigenvalue weighted by molar-refractivity contribution is 7.92. The Bertz CT molecular complexity index is 466. The highest BCUT2D eigenvalue weighted by atomic mass is 32.2. The molecule has 1 atom stereocenters. The van der Waals surface area contributed by atoms with Crippen LogP contribution in [0.15, 0.2) is 29.2 Å². The van der Waals surface area contributed by atoms with Gasteiger partial charge in [-0.3, -0.25) is 0 Å². The van der Waals surface area contributed by atoms with Gasteiger partial charge in [0.1, 0.15) is 5.82 Å². The number of hydrogen-bond acceptors (Lipinski definition) is 3. The highest BCUT2D eigenvalue weighted by Gasteiger charge is 2.33. The van der Waals surface area contributed by atoms with E-state index in [1.54, 1.807) is 0 Å². The quantitative estimate of drug-likeness (QED) is 0.794. The van der Waals surface area contributed by atoms with Gasteiger partial charge in [0, 0.05) is 0 Å². The van der Waals surface area contributed by atoms with E-state index in [2.05, 4.69) is 0 Å². The van der Waals surface area contributed by atoms with Crippen LogP contribution in [0, 0.1) is 5.82 Å². The zero-order chi connectivity index (χ0) is 11.6. The van der Waals surface area contributed by atoms with E-state index < -0.39 is 32.0 Å². The molecule has 0 aliphatic carbocycles. The Kier molecular flexibility index (Phi) is 3.04. The third-order valence-corrected chi connectivity index (χ3v) is 3.28. The molecule has 7 heteroatoms. The van der Waals surface area contributed by atoms with E-state index in [-0.39, 0.29) is 0 Å². The van der Waals surface area contributed by atoms with Crippen molar-refractivity contribution in [1.29, 1.82) is 0 Å². The van der Waals surface area contributed by atoms with Crippen LogP contribution in [0.3, 0.4) is 0 Å². The Morgan fingerprint density at radius 3 is 2.13 bits per heavy atom. The molecular weight excluding hydrogens is 230 g/mol. The van der Waals surface area contributed by atoms with Crippen LogP contribution in [0.1, 0.15) is 0 Å². The van der Waals surface area contributed by atoms with Crippen molar-refractivity contribution in [1.82, 2.24) is 0 Å². The molecule has 0 saturated heterocycles. The van der Waals surface area contributed by atoms with Gasteiger partial charge in [-0.1, -0.05) is 0 Å². The predicted octanol–water partition coefficient (Wildman–Crippen LogP) is 0.980. The average molecular weight is 236 g/mol. The van der Waals surface area contributed by atoms with E-state index in [0.717, 1.165) is 24.3 Å². The highest BCUT2D eigenvalue weighted by Crippen LogP contribution is 2.17. The van der Waals surface area contributed by atoms with Crippen molar-refractivity contribution in [3.8, 4) is 0 Å². The molecule has 0 aromatic heterocycles. The molecule has 4 nitrogen and oxygen atoms in total. The van der Waals surface area contributed by atoms with Crippen LogP contribution < -0.4 is 0 Å². The first-order chi connectivity index (χ1) is 6.85. The molecule has 1 N–H and O–H groups in total. The monoisotopic (exact) mass is 236 g/mol. The molecule has 1 aromatic rings. The lowest BCUT2D eigenvalue weighted by molar-refractivity contribution is -0.139. The number of alkyl halides is 1. The van der Waals surface area contributed by atoms with E-state index in [1.807, 2.05) is 0 Å². The van der Waals surface area contributed by atoms with Crippen molar-refractivity contribution in [3.63, 3.8) is 0 Å². The van der Waals surface area contributed by atoms with E-state index >= 15 is 0 Å². The second-order valence-electron chi connectivity index (χ2n) is 2.65. The van der Waals surface area contributed by atoms with Gasteiger partial charge in [-0.15, -0.1) is 0 Å². The predicted molar refractivity (Wildman–Crippen MR) is 46.1 cm³/mol. The first kappa shape index (κ1) is 11.6. The van der Waals surface area contributed by atoms with Crippen LogP contribution >= 0.6 is 0 Å². The second kappa shape index (κ2) is 3.93. The molecule has 82 valence electrons. The van der Waals surface area contributed by atoms with Crippen LogP contribution in [-0.2, 0) is 14.6 Å². The summed E-state index contributed by atoms with van der Waals surface area (Å²) >= 11 is 0. The Morgan fingerprint density at radius 1 is 1.27 bits per heavy atom. The van der Waals surface area contributed by atoms with Gasteiger partial charge in [-0.05, 0) is 24.3 Å². The van der Waals surface area contributed by atoms with Gasteiger partial charge in [-0.25, -0.2) is 22.0 Å². The smallest absolute Gasteiger partial charge is 0.354 e. The van der Waals surface area contributed by atoms with Crippen molar-refractivity contribution in [2.45, 2.75) is 10.4 Å². The maximum absolute atomic E-state index is 12.8. The molecule has 0 aliphatic rings. The maximum atomic E-state index is 12.8. The lowest BCUT2D eigenvalue weighted by atomic mass is 10.4. The molecular formula is C8H6F2O4S. The van der Waals surface area contributed by atoms with E-state index in [9.17, 15) is 22.0 Å². The van der Waals surface area contributed by atoms with Gasteiger partial charge >= 0.3 is 11.5 Å². The normalized spacial score (nSPS) is 13.5. The standard InChI is InChI=1S/C8H6F2O4S/c9-5-1-3-6(4-2-5)15(13,14)7(10)8(11)12/h1-4,7H,(H,11,12). The van der Waals surface area contributed by atoms with Gasteiger partial charge < -0.3 is 5.11 Å². The van der Waals surface area contributed by atoms with Crippen molar-refractivity contribution in [2.24, 2.45) is 0 Å². The van der Waals surface area contributed by atoms with Crippen LogP contribution in [0.5, 0.6) is 0 Å². The van der Waals surface area contributed by atoms with Gasteiger partial charge in [-0.2, -0.15) is 0 Å². The number of aliphatic carboxylic acids is 1. The van der Waals surface area contributed by atoms with Crippen molar-refractivity contribution in [3.05, 3.63) is 30.1 Å². The molecule has 0 radical (unpaired) electrons. The van der Waals surface area contributed by atoms with Crippen LogP contribution in [-0.4, -0.2) is 25.0 Å². The fourth-order valence-corrected chi connectivity index (χ4v) is 1.90. The number of benzene rings is 1. The van der Waals surface area contributed by atoms with Crippen molar-refractivity contribution < 1.29 is 27.1 Å². The summed E-state index contributed by atoms with van der Waals surface area (Å²) in [4.78, 5) is 9.59. The second-order valence-corrected chi connectivity index (χ2v) is 4.63. The van der Waals surface area contributed by atoms with Gasteiger partial charge in [0.2, 0.25) is 9.84 Å². The van der Waals surface area contributed by atoms with Gasteiger partial charge in [0.15, 0.2) is 0 Å². The van der Waals surface area contributed by atoms with Crippen LogP contribution in [0.25, 0.3) is 0 Å². The molecule has 1 unspecified atom stereocenters. The largest absolute Gasteiger partial charge is 0.478 e. The van der Waals surface area contributed by atoms with Gasteiger partial charge in [0.05, 0.1) is 4.90 Å². The molecule has 0 heterocycles. The minimum absolute atomic E-state index is 0.571. The number of halogens is 2. The molecule has 0 spiro atoms. The molecule has 0 aliphatic heterocycles. The van der Waals surface area contributed by atoms with Crippen LogP contribution in [0.2, 0.25) is 0 Å². The third-order valence-electron chi connectivity index (χ3n) is 1.61. The first-order valence-electron chi connectivity index (χ1n) is 3.72. The fourth-order valence-electron chi connectivity index (χ4n) is 0.876. The minimum atomic E-state index is -4.59. The molecule has 0 saturated carbocycles. The number of carboxylic acid groups (broad SMARTS) is 1. The lowest BCUT2D eigenvalue weighted by Gasteiger charge is -2.05. The minimum Gasteiger partial charge on any atom is -0.478 e. The molecule has 0 amide bonds. The van der Waals surface area contributed by atoms with E-state index in [1.165, 1.54) is 0 Å². The van der Waals surface area contributed by atoms with Crippen molar-refractivity contribution in [2.75, 3.05) is 0 Å². The van der Waals surface area contributed by atoms with Crippen LogP contribution in [0.4, 0.5) is 8.78 Å². The number of carbonyl (C=O) groups is 1.